The Morgan fingerprint density at radius 2 is 2.17 bits per heavy atom. The molecule has 0 aromatic carbocycles. The Morgan fingerprint density at radius 1 is 1.39 bits per heavy atom. The lowest BCUT2D eigenvalue weighted by molar-refractivity contribution is -0.402. The molecular formula is C11H7NO6. The molecule has 0 aliphatic rings. The summed E-state index contributed by atoms with van der Waals surface area (Å²) in [5.74, 6) is -1.47. The van der Waals surface area contributed by atoms with Crippen molar-refractivity contribution >= 4 is 23.5 Å². The van der Waals surface area contributed by atoms with Crippen LogP contribution >= 0.6 is 0 Å². The lowest BCUT2D eigenvalue weighted by Gasteiger charge is -1.96. The Morgan fingerprint density at radius 3 is 2.67 bits per heavy atom. The Kier molecular flexibility index (Phi) is 2.96. The van der Waals surface area contributed by atoms with Crippen LogP contribution in [0.25, 0.3) is 11.6 Å². The molecule has 0 saturated heterocycles. The largest absolute Gasteiger partial charge is 0.478 e. The first-order chi connectivity index (χ1) is 8.58. The highest BCUT2D eigenvalue weighted by Gasteiger charge is 2.16. The quantitative estimate of drug-likeness (QED) is 0.506. The second-order valence-corrected chi connectivity index (χ2v) is 3.27. The molecule has 0 spiro atoms. The van der Waals surface area contributed by atoms with Crippen LogP contribution in [0.3, 0.4) is 0 Å². The summed E-state index contributed by atoms with van der Waals surface area (Å²) in [7, 11) is 0. The molecule has 2 aromatic rings. The zero-order valence-corrected chi connectivity index (χ0v) is 8.90. The molecule has 92 valence electrons. The number of rotatable bonds is 4. The first-order valence-corrected chi connectivity index (χ1v) is 4.81. The molecule has 2 rings (SSSR count). The molecule has 0 bridgehead atoms. The summed E-state index contributed by atoms with van der Waals surface area (Å²) in [5.41, 5.74) is -0.149. The van der Waals surface area contributed by atoms with Crippen molar-refractivity contribution in [3.8, 4) is 0 Å². The smallest absolute Gasteiger partial charge is 0.433 e. The summed E-state index contributed by atoms with van der Waals surface area (Å²) < 4.78 is 9.80. The Labute approximate surface area is 100 Å². The fourth-order valence-electron chi connectivity index (χ4n) is 1.33. The molecule has 0 atom stereocenters. The standard InChI is InChI=1S/C11H7NO6/c13-11(14)8(9-2-1-5-17-9)6-7-3-4-10(18-7)12(15)16/h1-6H,(H,13,14)/b8-6-. The summed E-state index contributed by atoms with van der Waals surface area (Å²) in [6.45, 7) is 0. The number of carbonyl (C=O) groups is 1. The maximum Gasteiger partial charge on any atom is 0.433 e. The van der Waals surface area contributed by atoms with E-state index in [1.807, 2.05) is 0 Å². The molecule has 0 unspecified atom stereocenters. The molecule has 7 nitrogen and oxygen atoms in total. The molecule has 0 aliphatic heterocycles. The Bertz CT molecular complexity index is 607. The number of nitro groups is 1. The van der Waals surface area contributed by atoms with Crippen LogP contribution in [0.4, 0.5) is 5.88 Å². The van der Waals surface area contributed by atoms with Gasteiger partial charge in [0, 0.05) is 0 Å². The molecule has 0 radical (unpaired) electrons. The van der Waals surface area contributed by atoms with E-state index < -0.39 is 16.8 Å². The average molecular weight is 249 g/mol. The number of aliphatic carboxylic acids is 1. The van der Waals surface area contributed by atoms with Gasteiger partial charge in [0.05, 0.1) is 12.3 Å². The number of furan rings is 2. The van der Waals surface area contributed by atoms with Crippen LogP contribution in [0.15, 0.2) is 39.4 Å². The lowest BCUT2D eigenvalue weighted by Crippen LogP contribution is -1.98. The van der Waals surface area contributed by atoms with Gasteiger partial charge < -0.3 is 13.9 Å². The van der Waals surface area contributed by atoms with Crippen LogP contribution in [0.5, 0.6) is 0 Å². The zero-order chi connectivity index (χ0) is 13.1. The first kappa shape index (κ1) is 11.6. The predicted octanol–water partition coefficient (Wildman–Crippen LogP) is 2.41. The van der Waals surface area contributed by atoms with Crippen LogP contribution in [0.2, 0.25) is 0 Å². The molecule has 18 heavy (non-hydrogen) atoms. The third kappa shape index (κ3) is 2.29. The van der Waals surface area contributed by atoms with E-state index in [9.17, 15) is 14.9 Å². The number of hydrogen-bond acceptors (Lipinski definition) is 5. The topological polar surface area (TPSA) is 107 Å². The molecule has 0 aliphatic carbocycles. The molecule has 0 saturated carbocycles. The van der Waals surface area contributed by atoms with Crippen molar-refractivity contribution in [3.63, 3.8) is 0 Å². The van der Waals surface area contributed by atoms with Gasteiger partial charge in [0.2, 0.25) is 0 Å². The molecule has 2 heterocycles. The van der Waals surface area contributed by atoms with E-state index in [1.54, 1.807) is 0 Å². The van der Waals surface area contributed by atoms with E-state index >= 15 is 0 Å². The van der Waals surface area contributed by atoms with Gasteiger partial charge in [0.25, 0.3) is 0 Å². The lowest BCUT2D eigenvalue weighted by atomic mass is 10.2. The molecule has 0 fully saturated rings. The van der Waals surface area contributed by atoms with Gasteiger partial charge in [-0.15, -0.1) is 0 Å². The second kappa shape index (κ2) is 4.58. The van der Waals surface area contributed by atoms with Crippen LogP contribution in [0.1, 0.15) is 11.5 Å². The van der Waals surface area contributed by atoms with Crippen LogP contribution in [-0.2, 0) is 4.79 Å². The van der Waals surface area contributed by atoms with Crippen molar-refractivity contribution in [1.29, 1.82) is 0 Å². The van der Waals surface area contributed by atoms with Gasteiger partial charge in [-0.25, -0.2) is 4.79 Å². The highest BCUT2D eigenvalue weighted by Crippen LogP contribution is 2.22. The summed E-state index contributed by atoms with van der Waals surface area (Å²) >= 11 is 0. The fraction of sp³-hybridized carbons (Fsp3) is 0. The van der Waals surface area contributed by atoms with Crippen LogP contribution in [0, 0.1) is 10.1 Å². The van der Waals surface area contributed by atoms with Gasteiger partial charge in [-0.3, -0.25) is 10.1 Å². The van der Waals surface area contributed by atoms with E-state index in [0.717, 1.165) is 12.1 Å². The summed E-state index contributed by atoms with van der Waals surface area (Å²) in [6, 6.07) is 5.46. The van der Waals surface area contributed by atoms with Gasteiger partial charge in [-0.2, -0.15) is 0 Å². The monoisotopic (exact) mass is 249 g/mol. The number of hydrogen-bond donors (Lipinski definition) is 1. The highest BCUT2D eigenvalue weighted by atomic mass is 16.6. The SMILES string of the molecule is O=C(O)/C(=C\c1ccc([N+](=O)[O-])o1)c1ccco1. The zero-order valence-electron chi connectivity index (χ0n) is 8.90. The van der Waals surface area contributed by atoms with E-state index in [-0.39, 0.29) is 17.1 Å². The minimum absolute atomic E-state index is 0.0653. The molecule has 2 aromatic heterocycles. The maximum absolute atomic E-state index is 11.0. The number of nitrogens with zero attached hydrogens (tertiary/aromatic N) is 1. The normalized spacial score (nSPS) is 11.4. The fourth-order valence-corrected chi connectivity index (χ4v) is 1.33. The summed E-state index contributed by atoms with van der Waals surface area (Å²) in [6.07, 6.45) is 2.49. The molecule has 7 heteroatoms. The van der Waals surface area contributed by atoms with E-state index in [0.29, 0.717) is 0 Å². The second-order valence-electron chi connectivity index (χ2n) is 3.27. The van der Waals surface area contributed by atoms with Crippen molar-refractivity contribution in [2.45, 2.75) is 0 Å². The van der Waals surface area contributed by atoms with Crippen molar-refractivity contribution in [3.05, 3.63) is 52.2 Å². The third-order valence-corrected chi connectivity index (χ3v) is 2.10. The van der Waals surface area contributed by atoms with Gasteiger partial charge in [-0.05, 0) is 24.3 Å². The van der Waals surface area contributed by atoms with Crippen LogP contribution < -0.4 is 0 Å². The molecular weight excluding hydrogens is 242 g/mol. The van der Waals surface area contributed by atoms with E-state index in [4.69, 9.17) is 13.9 Å². The van der Waals surface area contributed by atoms with Crippen molar-refractivity contribution < 1.29 is 23.7 Å². The van der Waals surface area contributed by atoms with E-state index in [2.05, 4.69) is 0 Å². The minimum atomic E-state index is -1.22. The van der Waals surface area contributed by atoms with Crippen molar-refractivity contribution in [1.82, 2.24) is 0 Å². The highest BCUT2D eigenvalue weighted by molar-refractivity contribution is 6.19. The minimum Gasteiger partial charge on any atom is -0.478 e. The molecule has 1 N–H and O–H groups in total. The number of carboxylic acids is 1. The van der Waals surface area contributed by atoms with Gasteiger partial charge in [-0.1, -0.05) is 0 Å². The van der Waals surface area contributed by atoms with Gasteiger partial charge in [0.15, 0.2) is 0 Å². The Balaban J connectivity index is 2.39. The van der Waals surface area contributed by atoms with Gasteiger partial charge in [0.1, 0.15) is 22.0 Å². The first-order valence-electron chi connectivity index (χ1n) is 4.81. The van der Waals surface area contributed by atoms with Crippen LogP contribution in [-0.4, -0.2) is 16.0 Å². The summed E-state index contributed by atoms with van der Waals surface area (Å²) in [5, 5.41) is 19.4. The summed E-state index contributed by atoms with van der Waals surface area (Å²) in [4.78, 5) is 20.8. The third-order valence-electron chi connectivity index (χ3n) is 2.10. The van der Waals surface area contributed by atoms with Gasteiger partial charge >= 0.3 is 11.9 Å². The number of carboxylic acid groups (broad SMARTS) is 1. The Hall–Kier alpha value is -2.83. The predicted molar refractivity (Wildman–Crippen MR) is 59.6 cm³/mol. The van der Waals surface area contributed by atoms with Crippen molar-refractivity contribution in [2.24, 2.45) is 0 Å². The average Bonchev–Trinajstić information content (AvgIpc) is 2.96. The molecule has 0 amide bonds. The maximum atomic E-state index is 11.0. The van der Waals surface area contributed by atoms with E-state index in [1.165, 1.54) is 24.5 Å². The van der Waals surface area contributed by atoms with Crippen molar-refractivity contribution in [2.75, 3.05) is 0 Å².